The van der Waals surface area contributed by atoms with Gasteiger partial charge in [0.05, 0.1) is 31.1 Å². The molecule has 3 saturated carbocycles. The van der Waals surface area contributed by atoms with Gasteiger partial charge in [-0.1, -0.05) is 38.2 Å². The zero-order valence-electron chi connectivity index (χ0n) is 24.0. The topological polar surface area (TPSA) is 81.7 Å². The predicted molar refractivity (Wildman–Crippen MR) is 158 cm³/mol. The molecule has 40 heavy (non-hydrogen) atoms. The number of benzene rings is 2. The van der Waals surface area contributed by atoms with E-state index in [9.17, 15) is 13.2 Å². The van der Waals surface area contributed by atoms with E-state index in [2.05, 4.69) is 29.0 Å². The van der Waals surface area contributed by atoms with Crippen LogP contribution in [-0.4, -0.2) is 33.9 Å². The van der Waals surface area contributed by atoms with Crippen LogP contribution in [0.5, 0.6) is 5.75 Å². The Balaban J connectivity index is 1.48. The molecule has 0 unspecified atom stereocenters. The van der Waals surface area contributed by atoms with Crippen LogP contribution in [0.3, 0.4) is 0 Å². The van der Waals surface area contributed by atoms with Gasteiger partial charge >= 0.3 is 5.97 Å². The minimum atomic E-state index is -3.53. The van der Waals surface area contributed by atoms with Crippen molar-refractivity contribution >= 4 is 21.7 Å². The van der Waals surface area contributed by atoms with Crippen LogP contribution < -0.4 is 9.46 Å². The van der Waals surface area contributed by atoms with Gasteiger partial charge in [0.2, 0.25) is 10.0 Å². The SMILES string of the molecule is COC(=O)[C@H](CC1CC1)c1c(C)c(NS(=O)(=O)CC2CCCCC2)cc(C2CC2)c1-c1ccc2c(c1)CCCO2. The Labute approximate surface area is 239 Å². The molecular formula is C33H43NO5S. The standard InChI is InChI=1S/C33H43NO5S/c1-21-29(34-40(36,37)20-23-7-4-3-5-8-23)19-27(24-12-13-24)32(26-14-15-30-25(18-26)9-6-16-39-30)31(21)28(33(35)38-2)17-22-10-11-22/h14-15,18-19,22-24,28,34H,3-13,16-17,20H2,1-2H3/t28-/m1/s1. The molecule has 1 heterocycles. The van der Waals surface area contributed by atoms with Crippen molar-refractivity contribution in [1.29, 1.82) is 0 Å². The van der Waals surface area contributed by atoms with Gasteiger partial charge in [-0.3, -0.25) is 9.52 Å². The monoisotopic (exact) mass is 565 g/mol. The zero-order chi connectivity index (χ0) is 27.9. The number of hydrogen-bond acceptors (Lipinski definition) is 5. The summed E-state index contributed by atoms with van der Waals surface area (Å²) < 4.78 is 41.3. The highest BCUT2D eigenvalue weighted by molar-refractivity contribution is 7.92. The molecule has 3 aliphatic carbocycles. The average molecular weight is 566 g/mol. The van der Waals surface area contributed by atoms with Gasteiger partial charge in [-0.15, -0.1) is 0 Å². The smallest absolute Gasteiger partial charge is 0.313 e. The number of ether oxygens (including phenoxy) is 2. The molecule has 216 valence electrons. The van der Waals surface area contributed by atoms with Crippen LogP contribution >= 0.6 is 0 Å². The van der Waals surface area contributed by atoms with Crippen molar-refractivity contribution in [2.75, 3.05) is 24.2 Å². The molecule has 6 nitrogen and oxygen atoms in total. The Morgan fingerprint density at radius 3 is 2.50 bits per heavy atom. The fourth-order valence-corrected chi connectivity index (χ4v) is 8.54. The van der Waals surface area contributed by atoms with Crippen molar-refractivity contribution in [2.24, 2.45) is 11.8 Å². The molecule has 0 bridgehead atoms. The quantitative estimate of drug-likeness (QED) is 0.307. The molecule has 1 N–H and O–H groups in total. The first-order chi connectivity index (χ1) is 19.3. The molecule has 1 atom stereocenters. The van der Waals surface area contributed by atoms with E-state index in [1.54, 1.807) is 0 Å². The van der Waals surface area contributed by atoms with Crippen molar-refractivity contribution in [3.63, 3.8) is 0 Å². The van der Waals surface area contributed by atoms with E-state index in [1.165, 1.54) is 19.1 Å². The van der Waals surface area contributed by atoms with Crippen LogP contribution in [0, 0.1) is 18.8 Å². The number of methoxy groups -OCH3 is 1. The van der Waals surface area contributed by atoms with Gasteiger partial charge in [0.1, 0.15) is 5.75 Å². The molecule has 4 aliphatic rings. The summed E-state index contributed by atoms with van der Waals surface area (Å²) in [5, 5.41) is 0. The van der Waals surface area contributed by atoms with Crippen molar-refractivity contribution in [1.82, 2.24) is 0 Å². The maximum atomic E-state index is 13.5. The van der Waals surface area contributed by atoms with E-state index in [-0.39, 0.29) is 17.6 Å². The van der Waals surface area contributed by atoms with Gasteiger partial charge < -0.3 is 9.47 Å². The highest BCUT2D eigenvalue weighted by Gasteiger charge is 2.38. The summed E-state index contributed by atoms with van der Waals surface area (Å²) in [7, 11) is -2.07. The van der Waals surface area contributed by atoms with Gasteiger partial charge in [0.15, 0.2) is 0 Å². The normalized spacial score (nSPS) is 20.4. The number of hydrogen-bond donors (Lipinski definition) is 1. The van der Waals surface area contributed by atoms with Crippen molar-refractivity contribution in [3.05, 3.63) is 46.5 Å². The second kappa shape index (κ2) is 11.4. The lowest BCUT2D eigenvalue weighted by molar-refractivity contribution is -0.142. The summed E-state index contributed by atoms with van der Waals surface area (Å²) >= 11 is 0. The number of rotatable bonds is 10. The van der Waals surface area contributed by atoms with E-state index in [4.69, 9.17) is 9.47 Å². The van der Waals surface area contributed by atoms with E-state index in [1.807, 2.05) is 6.92 Å². The maximum Gasteiger partial charge on any atom is 0.313 e. The number of carbonyl (C=O) groups is 1. The third-order valence-electron chi connectivity index (χ3n) is 9.43. The first-order valence-electron chi connectivity index (χ1n) is 15.3. The molecule has 0 aromatic heterocycles. The van der Waals surface area contributed by atoms with Crippen LogP contribution in [-0.2, 0) is 26.0 Å². The molecular weight excluding hydrogens is 522 g/mol. The number of anilines is 1. The van der Waals surface area contributed by atoms with Gasteiger partial charge in [0.25, 0.3) is 0 Å². The van der Waals surface area contributed by atoms with Crippen LogP contribution in [0.4, 0.5) is 5.69 Å². The number of nitrogens with one attached hydrogen (secondary N) is 1. The van der Waals surface area contributed by atoms with Crippen molar-refractivity contribution < 1.29 is 22.7 Å². The number of fused-ring (bicyclic) bond motifs is 1. The molecule has 2 aromatic carbocycles. The minimum Gasteiger partial charge on any atom is -0.493 e. The molecule has 2 aromatic rings. The Kier molecular flexibility index (Phi) is 7.86. The molecule has 7 heteroatoms. The summed E-state index contributed by atoms with van der Waals surface area (Å²) in [5.74, 6) is 1.52. The Morgan fingerprint density at radius 1 is 1.02 bits per heavy atom. The number of sulfonamides is 1. The summed E-state index contributed by atoms with van der Waals surface area (Å²) in [6, 6.07) is 8.49. The van der Waals surface area contributed by atoms with E-state index in [0.29, 0.717) is 17.5 Å². The van der Waals surface area contributed by atoms with Crippen LogP contribution in [0.1, 0.15) is 105 Å². The fourth-order valence-electron chi connectivity index (χ4n) is 6.95. The van der Waals surface area contributed by atoms with Gasteiger partial charge in [-0.25, -0.2) is 8.42 Å². The fraction of sp³-hybridized carbons (Fsp3) is 0.606. The largest absolute Gasteiger partial charge is 0.493 e. The van der Waals surface area contributed by atoms with Crippen molar-refractivity contribution in [2.45, 2.75) is 95.8 Å². The summed E-state index contributed by atoms with van der Waals surface area (Å²) in [6.45, 7) is 2.73. The molecule has 0 radical (unpaired) electrons. The second-order valence-electron chi connectivity index (χ2n) is 12.6. The lowest BCUT2D eigenvalue weighted by Crippen LogP contribution is -2.25. The molecule has 6 rings (SSSR count). The first kappa shape index (κ1) is 27.6. The van der Waals surface area contributed by atoms with E-state index < -0.39 is 15.9 Å². The van der Waals surface area contributed by atoms with Gasteiger partial charge in [0, 0.05) is 0 Å². The number of aryl methyl sites for hydroxylation is 1. The molecule has 1 aliphatic heterocycles. The summed E-state index contributed by atoms with van der Waals surface area (Å²) in [6.07, 6.45) is 12.5. The predicted octanol–water partition coefficient (Wildman–Crippen LogP) is 7.24. The summed E-state index contributed by atoms with van der Waals surface area (Å²) in [5.41, 5.74) is 6.94. The van der Waals surface area contributed by atoms with E-state index >= 15 is 0 Å². The number of esters is 1. The second-order valence-corrected chi connectivity index (χ2v) is 14.4. The van der Waals surface area contributed by atoms with Crippen LogP contribution in [0.2, 0.25) is 0 Å². The van der Waals surface area contributed by atoms with Crippen LogP contribution in [0.25, 0.3) is 11.1 Å². The molecule has 3 fully saturated rings. The minimum absolute atomic E-state index is 0.162. The van der Waals surface area contributed by atoms with Gasteiger partial charge in [-0.2, -0.15) is 0 Å². The summed E-state index contributed by atoms with van der Waals surface area (Å²) in [4.78, 5) is 13.4. The Bertz CT molecular complexity index is 1370. The highest BCUT2D eigenvalue weighted by atomic mass is 32.2. The molecule has 0 spiro atoms. The third-order valence-corrected chi connectivity index (χ3v) is 10.9. The zero-order valence-corrected chi connectivity index (χ0v) is 24.8. The number of carbonyl (C=O) groups excluding carboxylic acids is 1. The lowest BCUT2D eigenvalue weighted by Gasteiger charge is -2.28. The molecule has 0 amide bonds. The Morgan fingerprint density at radius 2 is 1.80 bits per heavy atom. The van der Waals surface area contributed by atoms with Crippen LogP contribution in [0.15, 0.2) is 24.3 Å². The van der Waals surface area contributed by atoms with Crippen molar-refractivity contribution in [3.8, 4) is 16.9 Å². The maximum absolute atomic E-state index is 13.5. The average Bonchev–Trinajstić information content (AvgIpc) is 3.87. The first-order valence-corrected chi connectivity index (χ1v) is 17.0. The Hall–Kier alpha value is -2.54. The van der Waals surface area contributed by atoms with Gasteiger partial charge in [-0.05, 0) is 121 Å². The third kappa shape index (κ3) is 6.05. The lowest BCUT2D eigenvalue weighted by atomic mass is 9.80. The van der Waals surface area contributed by atoms with E-state index in [0.717, 1.165) is 111 Å². The highest BCUT2D eigenvalue weighted by Crippen LogP contribution is 2.52. The molecule has 0 saturated heterocycles.